The molecule has 0 spiro atoms. The largest absolute Gasteiger partial charge is 0.357 e. The Morgan fingerprint density at radius 2 is 2.03 bits per heavy atom. The molecule has 0 saturated carbocycles. The quantitative estimate of drug-likeness (QED) is 0.231. The van der Waals surface area contributed by atoms with Crippen molar-refractivity contribution >= 4 is 35.8 Å². The third-order valence-electron chi connectivity index (χ3n) is 4.02. The molecule has 9 heteroatoms. The van der Waals surface area contributed by atoms with Crippen LogP contribution < -0.4 is 10.6 Å². The van der Waals surface area contributed by atoms with Crippen molar-refractivity contribution in [3.63, 3.8) is 0 Å². The van der Waals surface area contributed by atoms with E-state index >= 15 is 0 Å². The van der Waals surface area contributed by atoms with Gasteiger partial charge in [-0.1, -0.05) is 17.3 Å². The van der Waals surface area contributed by atoms with Crippen LogP contribution in [0, 0.1) is 6.92 Å². The number of nitrogens with zero attached hydrogens (tertiary/aromatic N) is 4. The molecule has 0 saturated heterocycles. The minimum absolute atomic E-state index is 0. The molecule has 29 heavy (non-hydrogen) atoms. The second-order valence-corrected chi connectivity index (χ2v) is 6.68. The van der Waals surface area contributed by atoms with Gasteiger partial charge in [0.15, 0.2) is 11.8 Å². The first kappa shape index (κ1) is 24.9. The molecular weight excluding hydrogens is 483 g/mol. The minimum Gasteiger partial charge on any atom is -0.357 e. The molecule has 160 valence electrons. The third-order valence-corrected chi connectivity index (χ3v) is 4.02. The van der Waals surface area contributed by atoms with Crippen LogP contribution in [0.1, 0.15) is 41.0 Å². The Labute approximate surface area is 189 Å². The summed E-state index contributed by atoms with van der Waals surface area (Å²) < 4.78 is 5.11. The highest BCUT2D eigenvalue weighted by Gasteiger charge is 2.08. The van der Waals surface area contributed by atoms with Gasteiger partial charge in [-0.15, -0.1) is 24.0 Å². The molecule has 0 unspecified atom stereocenters. The number of amides is 1. The van der Waals surface area contributed by atoms with Crippen LogP contribution in [0.2, 0.25) is 0 Å². The Morgan fingerprint density at radius 1 is 1.24 bits per heavy atom. The predicted octanol–water partition coefficient (Wildman–Crippen LogP) is 2.43. The van der Waals surface area contributed by atoms with Crippen LogP contribution in [0.15, 0.2) is 33.8 Å². The van der Waals surface area contributed by atoms with E-state index in [2.05, 4.69) is 25.8 Å². The zero-order chi connectivity index (χ0) is 20.4. The van der Waals surface area contributed by atoms with Crippen molar-refractivity contribution in [3.05, 3.63) is 47.1 Å². The number of aliphatic imine (C=N–C) groups is 1. The van der Waals surface area contributed by atoms with E-state index in [-0.39, 0.29) is 29.9 Å². The molecule has 0 aliphatic carbocycles. The maximum atomic E-state index is 12.1. The Balaban J connectivity index is 0.00000420. The van der Waals surface area contributed by atoms with E-state index in [1.54, 1.807) is 19.0 Å². The number of benzene rings is 1. The second-order valence-electron chi connectivity index (χ2n) is 6.68. The maximum Gasteiger partial charge on any atom is 0.253 e. The Hall–Kier alpha value is -2.17. The molecule has 2 rings (SSSR count). The summed E-state index contributed by atoms with van der Waals surface area (Å²) in [5, 5.41) is 10.4. The highest BCUT2D eigenvalue weighted by molar-refractivity contribution is 14.0. The topological polar surface area (TPSA) is 95.6 Å². The van der Waals surface area contributed by atoms with Crippen LogP contribution in [0.3, 0.4) is 0 Å². The Morgan fingerprint density at radius 3 is 2.69 bits per heavy atom. The summed E-state index contributed by atoms with van der Waals surface area (Å²) in [5.41, 5.74) is 1.82. The van der Waals surface area contributed by atoms with Crippen LogP contribution in [-0.2, 0) is 12.8 Å². The van der Waals surface area contributed by atoms with Crippen molar-refractivity contribution in [1.29, 1.82) is 0 Å². The zero-order valence-electron chi connectivity index (χ0n) is 17.6. The number of rotatable bonds is 9. The number of aryl methyl sites for hydroxylation is 2. The fraction of sp³-hybridized carbons (Fsp3) is 0.500. The zero-order valence-corrected chi connectivity index (χ0v) is 19.9. The standard InChI is InChI=1S/C20H30N6O2.HI/c1-5-21-20(22-12-7-10-18-24-15(2)25-28-18)23-13-11-16-8-6-9-17(14-16)19(27)26(3)4;/h6,8-9,14H,5,7,10-13H2,1-4H3,(H2,21,22,23);1H. The molecule has 0 aliphatic rings. The predicted molar refractivity (Wildman–Crippen MR) is 125 cm³/mol. The molecule has 1 heterocycles. The van der Waals surface area contributed by atoms with Gasteiger partial charge in [-0.2, -0.15) is 4.98 Å². The first-order valence-electron chi connectivity index (χ1n) is 9.61. The van der Waals surface area contributed by atoms with E-state index in [1.165, 1.54) is 0 Å². The van der Waals surface area contributed by atoms with E-state index in [0.717, 1.165) is 43.9 Å². The fourth-order valence-electron chi connectivity index (χ4n) is 2.65. The van der Waals surface area contributed by atoms with Gasteiger partial charge in [-0.05, 0) is 44.4 Å². The lowest BCUT2D eigenvalue weighted by Crippen LogP contribution is -2.38. The highest BCUT2D eigenvalue weighted by Crippen LogP contribution is 2.07. The lowest BCUT2D eigenvalue weighted by Gasteiger charge is -2.13. The number of nitrogens with one attached hydrogen (secondary N) is 2. The lowest BCUT2D eigenvalue weighted by molar-refractivity contribution is 0.0827. The minimum atomic E-state index is 0. The van der Waals surface area contributed by atoms with Gasteiger partial charge in [0.25, 0.3) is 5.91 Å². The number of carbonyl (C=O) groups excluding carboxylic acids is 1. The average molecular weight is 514 g/mol. The van der Waals surface area contributed by atoms with Crippen LogP contribution >= 0.6 is 24.0 Å². The number of carbonyl (C=O) groups is 1. The van der Waals surface area contributed by atoms with Crippen LogP contribution in [-0.4, -0.2) is 60.6 Å². The van der Waals surface area contributed by atoms with E-state index in [1.807, 2.05) is 38.1 Å². The van der Waals surface area contributed by atoms with Crippen molar-refractivity contribution < 1.29 is 9.32 Å². The van der Waals surface area contributed by atoms with Crippen LogP contribution in [0.5, 0.6) is 0 Å². The van der Waals surface area contributed by atoms with Crippen LogP contribution in [0.4, 0.5) is 0 Å². The molecule has 8 nitrogen and oxygen atoms in total. The lowest BCUT2D eigenvalue weighted by atomic mass is 10.1. The smallest absolute Gasteiger partial charge is 0.253 e. The first-order chi connectivity index (χ1) is 13.5. The summed E-state index contributed by atoms with van der Waals surface area (Å²) in [4.78, 5) is 22.4. The first-order valence-corrected chi connectivity index (χ1v) is 9.61. The van der Waals surface area contributed by atoms with Gasteiger partial charge < -0.3 is 20.1 Å². The van der Waals surface area contributed by atoms with E-state index in [9.17, 15) is 4.79 Å². The van der Waals surface area contributed by atoms with Gasteiger partial charge in [0.2, 0.25) is 5.89 Å². The molecule has 0 radical (unpaired) electrons. The maximum absolute atomic E-state index is 12.1. The summed E-state index contributed by atoms with van der Waals surface area (Å²) >= 11 is 0. The summed E-state index contributed by atoms with van der Waals surface area (Å²) in [6, 6.07) is 7.74. The van der Waals surface area contributed by atoms with Gasteiger partial charge in [0, 0.05) is 45.7 Å². The molecule has 0 bridgehead atoms. The van der Waals surface area contributed by atoms with E-state index < -0.39 is 0 Å². The highest BCUT2D eigenvalue weighted by atomic mass is 127. The number of hydrogen-bond donors (Lipinski definition) is 2. The van der Waals surface area contributed by atoms with Crippen molar-refractivity contribution in [2.75, 3.05) is 33.7 Å². The number of aromatic nitrogens is 2. The van der Waals surface area contributed by atoms with E-state index in [4.69, 9.17) is 4.52 Å². The molecule has 1 amide bonds. The molecule has 2 N–H and O–H groups in total. The molecule has 0 atom stereocenters. The van der Waals surface area contributed by atoms with Crippen molar-refractivity contribution in [2.45, 2.75) is 33.1 Å². The normalized spacial score (nSPS) is 11.0. The van der Waals surface area contributed by atoms with Gasteiger partial charge in [0.05, 0.1) is 0 Å². The Kier molecular flexibility index (Phi) is 11.3. The van der Waals surface area contributed by atoms with Gasteiger partial charge in [0.1, 0.15) is 0 Å². The van der Waals surface area contributed by atoms with Crippen molar-refractivity contribution in [2.24, 2.45) is 4.99 Å². The molecule has 1 aromatic heterocycles. The third kappa shape index (κ3) is 8.80. The Bertz CT molecular complexity index is 791. The SMILES string of the molecule is CCNC(=NCCCc1nc(C)no1)NCCc1cccc(C(=O)N(C)C)c1.I. The van der Waals surface area contributed by atoms with Crippen LogP contribution in [0.25, 0.3) is 0 Å². The number of hydrogen-bond acceptors (Lipinski definition) is 5. The summed E-state index contributed by atoms with van der Waals surface area (Å²) in [7, 11) is 3.52. The van der Waals surface area contributed by atoms with E-state index in [0.29, 0.717) is 23.8 Å². The van der Waals surface area contributed by atoms with Crippen molar-refractivity contribution in [1.82, 2.24) is 25.7 Å². The summed E-state index contributed by atoms with van der Waals surface area (Å²) in [5.74, 6) is 2.11. The number of halogens is 1. The summed E-state index contributed by atoms with van der Waals surface area (Å²) in [6.07, 6.45) is 2.36. The van der Waals surface area contributed by atoms with Crippen molar-refractivity contribution in [3.8, 4) is 0 Å². The van der Waals surface area contributed by atoms with Gasteiger partial charge in [-0.25, -0.2) is 0 Å². The second kappa shape index (κ2) is 13.1. The van der Waals surface area contributed by atoms with Gasteiger partial charge in [-0.3, -0.25) is 9.79 Å². The molecule has 0 fully saturated rings. The van der Waals surface area contributed by atoms with Gasteiger partial charge >= 0.3 is 0 Å². The number of guanidine groups is 1. The summed E-state index contributed by atoms with van der Waals surface area (Å²) in [6.45, 7) is 6.04. The molecular formula is C20H31IN6O2. The molecule has 1 aromatic carbocycles. The average Bonchev–Trinajstić information content (AvgIpc) is 3.09. The monoisotopic (exact) mass is 514 g/mol. The fourth-order valence-corrected chi connectivity index (χ4v) is 2.65. The molecule has 0 aliphatic heterocycles. The molecule has 2 aromatic rings.